The van der Waals surface area contributed by atoms with Gasteiger partial charge < -0.3 is 20.5 Å². The number of methoxy groups -OCH3 is 1. The molecular weight excluding hydrogens is 328 g/mol. The van der Waals surface area contributed by atoms with E-state index in [1.807, 2.05) is 0 Å². The monoisotopic (exact) mass is 350 g/mol. The summed E-state index contributed by atoms with van der Waals surface area (Å²) >= 11 is 0. The zero-order chi connectivity index (χ0) is 19.0. The molecule has 0 fully saturated rings. The highest BCUT2D eigenvalue weighted by molar-refractivity contribution is 5.99. The number of nitrogens with two attached hydrogens (primary N) is 1. The number of carbonyl (C=O) groups excluding carboxylic acids is 4. The highest BCUT2D eigenvalue weighted by Gasteiger charge is 2.25. The Labute approximate surface area is 145 Å². The number of hydrogen-bond acceptors (Lipinski definition) is 6. The molecule has 1 aromatic rings. The molecule has 0 aliphatic heterocycles. The summed E-state index contributed by atoms with van der Waals surface area (Å²) in [7, 11) is 1.23. The van der Waals surface area contributed by atoms with Gasteiger partial charge in [0.15, 0.2) is 0 Å². The first-order valence-corrected chi connectivity index (χ1v) is 7.75. The van der Waals surface area contributed by atoms with Gasteiger partial charge in [0, 0.05) is 5.56 Å². The molecule has 0 unspecified atom stereocenters. The van der Waals surface area contributed by atoms with Gasteiger partial charge in [0.05, 0.1) is 25.2 Å². The molecule has 0 spiro atoms. The molecular formula is C17H22N2O6. The predicted molar refractivity (Wildman–Crippen MR) is 88.6 cm³/mol. The van der Waals surface area contributed by atoms with Crippen LogP contribution in [0.2, 0.25) is 0 Å². The van der Waals surface area contributed by atoms with Crippen LogP contribution in [0.25, 0.3) is 0 Å². The third kappa shape index (κ3) is 5.91. The summed E-state index contributed by atoms with van der Waals surface area (Å²) in [4.78, 5) is 47.1. The van der Waals surface area contributed by atoms with Crippen molar-refractivity contribution < 1.29 is 28.7 Å². The van der Waals surface area contributed by atoms with Crippen LogP contribution < -0.4 is 11.1 Å². The minimum atomic E-state index is -1.05. The van der Waals surface area contributed by atoms with E-state index in [1.54, 1.807) is 13.8 Å². The van der Waals surface area contributed by atoms with Crippen LogP contribution in [0, 0.1) is 5.92 Å². The lowest BCUT2D eigenvalue weighted by Gasteiger charge is -2.19. The van der Waals surface area contributed by atoms with E-state index < -0.39 is 35.7 Å². The predicted octanol–water partition coefficient (Wildman–Crippen LogP) is 0.646. The van der Waals surface area contributed by atoms with Crippen molar-refractivity contribution in [1.29, 1.82) is 0 Å². The van der Waals surface area contributed by atoms with Gasteiger partial charge in [-0.05, 0) is 31.5 Å². The van der Waals surface area contributed by atoms with Gasteiger partial charge in [-0.3, -0.25) is 14.4 Å². The fourth-order valence-electron chi connectivity index (χ4n) is 2.13. The molecule has 0 aliphatic carbocycles. The zero-order valence-electron chi connectivity index (χ0n) is 14.4. The van der Waals surface area contributed by atoms with Crippen LogP contribution >= 0.6 is 0 Å². The second-order valence-corrected chi connectivity index (χ2v) is 5.39. The number of nitrogens with one attached hydrogen (secondary N) is 1. The van der Waals surface area contributed by atoms with Gasteiger partial charge >= 0.3 is 11.9 Å². The minimum absolute atomic E-state index is 0.0105. The maximum Gasteiger partial charge on any atom is 0.337 e. The summed E-state index contributed by atoms with van der Waals surface area (Å²) in [6.07, 6.45) is 0.0105. The number of esters is 2. The molecule has 8 heteroatoms. The van der Waals surface area contributed by atoms with Crippen LogP contribution in [-0.4, -0.2) is 43.5 Å². The van der Waals surface area contributed by atoms with Gasteiger partial charge in [0.25, 0.3) is 5.91 Å². The smallest absolute Gasteiger partial charge is 0.337 e. The molecule has 8 nitrogen and oxygen atoms in total. The fourth-order valence-corrected chi connectivity index (χ4v) is 2.13. The third-order valence-corrected chi connectivity index (χ3v) is 3.47. The molecule has 0 saturated heterocycles. The molecule has 136 valence electrons. The Morgan fingerprint density at radius 1 is 1.20 bits per heavy atom. The van der Waals surface area contributed by atoms with E-state index >= 15 is 0 Å². The normalized spacial score (nSPS) is 12.6. The maximum atomic E-state index is 12.3. The Bertz CT molecular complexity index is 658. The van der Waals surface area contributed by atoms with E-state index in [-0.39, 0.29) is 24.2 Å². The van der Waals surface area contributed by atoms with Crippen LogP contribution in [0.5, 0.6) is 0 Å². The van der Waals surface area contributed by atoms with E-state index in [0.717, 1.165) is 0 Å². The van der Waals surface area contributed by atoms with Crippen molar-refractivity contribution in [3.63, 3.8) is 0 Å². The molecule has 2 amide bonds. The van der Waals surface area contributed by atoms with Gasteiger partial charge in [-0.15, -0.1) is 0 Å². The third-order valence-electron chi connectivity index (χ3n) is 3.47. The molecule has 25 heavy (non-hydrogen) atoms. The lowest BCUT2D eigenvalue weighted by Crippen LogP contribution is -2.46. The van der Waals surface area contributed by atoms with E-state index in [9.17, 15) is 19.2 Å². The van der Waals surface area contributed by atoms with Crippen molar-refractivity contribution in [3.8, 4) is 0 Å². The summed E-state index contributed by atoms with van der Waals surface area (Å²) in [5.74, 6) is -3.04. The highest BCUT2D eigenvalue weighted by atomic mass is 16.5. The van der Waals surface area contributed by atoms with Crippen molar-refractivity contribution in [3.05, 3.63) is 35.4 Å². The van der Waals surface area contributed by atoms with Gasteiger partial charge in [-0.1, -0.05) is 13.0 Å². The standard InChI is InChI=1S/C17H22N2O6/c1-4-25-16(22)10(2)8-13(14(18)20)19-15(21)11-6-5-7-12(9-11)17(23)24-3/h5-7,9-10,13H,4,8H2,1-3H3,(H2,18,20)(H,19,21)/t10-,13-/m0/s1. The fraction of sp³-hybridized carbons (Fsp3) is 0.412. The van der Waals surface area contributed by atoms with Crippen molar-refractivity contribution in [1.82, 2.24) is 5.32 Å². The van der Waals surface area contributed by atoms with Crippen LogP contribution in [0.3, 0.4) is 0 Å². The van der Waals surface area contributed by atoms with Gasteiger partial charge in [0.2, 0.25) is 5.91 Å². The molecule has 0 radical (unpaired) electrons. The van der Waals surface area contributed by atoms with Crippen LogP contribution in [0.15, 0.2) is 24.3 Å². The lowest BCUT2D eigenvalue weighted by molar-refractivity contribution is -0.147. The Morgan fingerprint density at radius 2 is 1.84 bits per heavy atom. The summed E-state index contributed by atoms with van der Waals surface area (Å²) < 4.78 is 9.47. The molecule has 1 aromatic carbocycles. The maximum absolute atomic E-state index is 12.3. The highest BCUT2D eigenvalue weighted by Crippen LogP contribution is 2.11. The topological polar surface area (TPSA) is 125 Å². The average Bonchev–Trinajstić information content (AvgIpc) is 2.60. The first-order chi connectivity index (χ1) is 11.8. The van der Waals surface area contributed by atoms with Crippen molar-refractivity contribution in [2.24, 2.45) is 11.7 Å². The summed E-state index contributed by atoms with van der Waals surface area (Å²) in [6.45, 7) is 3.47. The van der Waals surface area contributed by atoms with Crippen LogP contribution in [0.4, 0.5) is 0 Å². The Balaban J connectivity index is 2.85. The number of rotatable bonds is 8. The van der Waals surface area contributed by atoms with Gasteiger partial charge in [-0.25, -0.2) is 4.79 Å². The van der Waals surface area contributed by atoms with E-state index in [2.05, 4.69) is 10.1 Å². The lowest BCUT2D eigenvalue weighted by atomic mass is 10.0. The molecule has 2 atom stereocenters. The number of ether oxygens (including phenoxy) is 2. The first-order valence-electron chi connectivity index (χ1n) is 7.75. The van der Waals surface area contributed by atoms with Gasteiger partial charge in [0.1, 0.15) is 6.04 Å². The second-order valence-electron chi connectivity index (χ2n) is 5.39. The van der Waals surface area contributed by atoms with Crippen LogP contribution in [-0.2, 0) is 19.1 Å². The SMILES string of the molecule is CCOC(=O)[C@@H](C)C[C@H](NC(=O)c1cccc(C(=O)OC)c1)C(N)=O. The quantitative estimate of drug-likeness (QED) is 0.663. The average molecular weight is 350 g/mol. The largest absolute Gasteiger partial charge is 0.466 e. The Morgan fingerprint density at radius 3 is 2.40 bits per heavy atom. The van der Waals surface area contributed by atoms with Crippen molar-refractivity contribution in [2.75, 3.05) is 13.7 Å². The number of primary amides is 1. The Hall–Kier alpha value is -2.90. The van der Waals surface area contributed by atoms with Crippen molar-refractivity contribution >= 4 is 23.8 Å². The van der Waals surface area contributed by atoms with Crippen LogP contribution in [0.1, 0.15) is 41.0 Å². The Kier molecular flexibility index (Phi) is 7.58. The minimum Gasteiger partial charge on any atom is -0.466 e. The van der Waals surface area contributed by atoms with Crippen molar-refractivity contribution in [2.45, 2.75) is 26.3 Å². The number of amides is 2. The molecule has 0 bridgehead atoms. The molecule has 3 N–H and O–H groups in total. The van der Waals surface area contributed by atoms with E-state index in [1.165, 1.54) is 31.4 Å². The first kappa shape index (κ1) is 20.1. The summed E-state index contributed by atoms with van der Waals surface area (Å²) in [5, 5.41) is 2.47. The number of carbonyl (C=O) groups is 4. The molecule has 0 heterocycles. The molecule has 0 aromatic heterocycles. The van der Waals surface area contributed by atoms with Gasteiger partial charge in [-0.2, -0.15) is 0 Å². The summed E-state index contributed by atoms with van der Waals surface area (Å²) in [6, 6.07) is 4.79. The zero-order valence-corrected chi connectivity index (χ0v) is 14.4. The molecule has 1 rings (SSSR count). The molecule has 0 aliphatic rings. The van der Waals surface area contributed by atoms with E-state index in [0.29, 0.717) is 0 Å². The second kappa shape index (κ2) is 9.41. The molecule has 0 saturated carbocycles. The number of hydrogen-bond donors (Lipinski definition) is 2. The van der Waals surface area contributed by atoms with E-state index in [4.69, 9.17) is 10.5 Å². The summed E-state index contributed by atoms with van der Waals surface area (Å²) in [5.41, 5.74) is 5.67. The number of benzene rings is 1.